The molecule has 0 fully saturated rings. The summed E-state index contributed by atoms with van der Waals surface area (Å²) in [7, 11) is 0. The van der Waals surface area contributed by atoms with Gasteiger partial charge in [0.05, 0.1) is 18.0 Å². The fraction of sp³-hybridized carbons (Fsp3) is 0.154. The number of esters is 1. The lowest BCUT2D eigenvalue weighted by molar-refractivity contribution is 0.0520. The molecule has 0 aliphatic heterocycles. The minimum Gasteiger partial charge on any atom is -0.593 e. The second kappa shape index (κ2) is 7.36. The predicted molar refractivity (Wildman–Crippen MR) is 83.1 cm³/mol. The number of nitrogens with zero attached hydrogens (tertiary/aromatic N) is 1. The highest BCUT2D eigenvalue weighted by atomic mass is 32.2. The number of nitrogens with two attached hydrogens (primary N) is 1. The lowest BCUT2D eigenvalue weighted by Gasteiger charge is -2.04. The number of benzene rings is 1. The molecule has 2 aromatic rings. The van der Waals surface area contributed by atoms with Gasteiger partial charge >= 0.3 is 5.97 Å². The summed E-state index contributed by atoms with van der Waals surface area (Å²) in [6.45, 7) is 1.96. The molecule has 0 bridgehead atoms. The summed E-state index contributed by atoms with van der Waals surface area (Å²) in [5.74, 6) is -0.923. The van der Waals surface area contributed by atoms with Crippen molar-refractivity contribution in [2.45, 2.75) is 11.8 Å². The lowest BCUT2D eigenvalue weighted by atomic mass is 10.2. The quantitative estimate of drug-likeness (QED) is 0.630. The maximum atomic E-state index is 12.0. The number of aromatic nitrogens is 1. The van der Waals surface area contributed by atoms with E-state index in [9.17, 15) is 14.1 Å². The normalized spacial score (nSPS) is 11.8. The summed E-state index contributed by atoms with van der Waals surface area (Å²) in [5.41, 5.74) is 0.512. The van der Waals surface area contributed by atoms with Gasteiger partial charge in [-0.15, -0.1) is 16.5 Å². The Balaban J connectivity index is 2.04. The van der Waals surface area contributed by atoms with Gasteiger partial charge in [-0.3, -0.25) is 10.1 Å². The smallest absolute Gasteiger partial charge is 0.357 e. The number of rotatable bonds is 5. The minimum absolute atomic E-state index is 0.149. The van der Waals surface area contributed by atoms with Crippen LogP contribution in [0.3, 0.4) is 0 Å². The summed E-state index contributed by atoms with van der Waals surface area (Å²) >= 11 is -0.464. The first-order valence-electron chi connectivity index (χ1n) is 6.21. The minimum atomic E-state index is -1.59. The summed E-state index contributed by atoms with van der Waals surface area (Å²) in [6, 6.07) is 6.04. The highest BCUT2D eigenvalue weighted by Crippen LogP contribution is 2.17. The van der Waals surface area contributed by atoms with Gasteiger partial charge in [-0.2, -0.15) is 0 Å². The SMILES string of the molecule is CCOC(=O)c1csc(NC(=O)c2ccc([S+](N)[O-])cc2)n1. The molecular formula is C13H13N3O4S2. The summed E-state index contributed by atoms with van der Waals surface area (Å²) in [4.78, 5) is 27.9. The van der Waals surface area contributed by atoms with E-state index in [-0.39, 0.29) is 18.2 Å². The first-order valence-corrected chi connectivity index (χ1v) is 8.30. The number of hydrogen-bond acceptors (Lipinski definition) is 7. The van der Waals surface area contributed by atoms with Crippen LogP contribution in [0.2, 0.25) is 0 Å². The molecule has 1 atom stereocenters. The number of hydrogen-bond donors (Lipinski definition) is 2. The van der Waals surface area contributed by atoms with Crippen LogP contribution in [0, 0.1) is 0 Å². The number of carbonyl (C=O) groups is 2. The lowest BCUT2D eigenvalue weighted by Crippen LogP contribution is -2.14. The van der Waals surface area contributed by atoms with E-state index in [4.69, 9.17) is 9.88 Å². The average Bonchev–Trinajstić information content (AvgIpc) is 2.96. The van der Waals surface area contributed by atoms with Crippen LogP contribution in [0.25, 0.3) is 0 Å². The molecule has 1 amide bonds. The zero-order valence-electron chi connectivity index (χ0n) is 11.6. The number of amides is 1. The van der Waals surface area contributed by atoms with Crippen molar-refractivity contribution in [3.8, 4) is 0 Å². The molecule has 22 heavy (non-hydrogen) atoms. The Morgan fingerprint density at radius 3 is 2.68 bits per heavy atom. The monoisotopic (exact) mass is 339 g/mol. The van der Waals surface area contributed by atoms with Crippen LogP contribution < -0.4 is 10.5 Å². The highest BCUT2D eigenvalue weighted by molar-refractivity contribution is 7.89. The summed E-state index contributed by atoms with van der Waals surface area (Å²) in [5, 5.41) is 9.62. The second-order valence-electron chi connectivity index (χ2n) is 4.03. The maximum absolute atomic E-state index is 12.0. The number of nitrogens with one attached hydrogen (secondary N) is 1. The number of anilines is 1. The van der Waals surface area contributed by atoms with Crippen molar-refractivity contribution in [3.05, 3.63) is 40.9 Å². The molecule has 0 aliphatic carbocycles. The summed E-state index contributed by atoms with van der Waals surface area (Å²) in [6.07, 6.45) is 0. The van der Waals surface area contributed by atoms with Gasteiger partial charge in [0.2, 0.25) is 0 Å². The topological polar surface area (TPSA) is 117 Å². The van der Waals surface area contributed by atoms with E-state index in [0.717, 1.165) is 11.3 Å². The van der Waals surface area contributed by atoms with Gasteiger partial charge in [-0.05, 0) is 31.2 Å². The molecule has 1 heterocycles. The van der Waals surface area contributed by atoms with Crippen molar-refractivity contribution in [2.75, 3.05) is 11.9 Å². The highest BCUT2D eigenvalue weighted by Gasteiger charge is 2.14. The molecule has 116 valence electrons. The van der Waals surface area contributed by atoms with Crippen LogP contribution in [0.5, 0.6) is 0 Å². The largest absolute Gasteiger partial charge is 0.593 e. The molecule has 0 saturated carbocycles. The van der Waals surface area contributed by atoms with Crippen LogP contribution in [0.4, 0.5) is 5.13 Å². The fourth-order valence-electron chi connectivity index (χ4n) is 1.54. The van der Waals surface area contributed by atoms with Crippen molar-refractivity contribution in [1.82, 2.24) is 4.98 Å². The van der Waals surface area contributed by atoms with E-state index >= 15 is 0 Å². The van der Waals surface area contributed by atoms with Crippen molar-refractivity contribution in [2.24, 2.45) is 5.14 Å². The molecule has 0 spiro atoms. The van der Waals surface area contributed by atoms with Crippen LogP contribution in [-0.4, -0.2) is 28.0 Å². The van der Waals surface area contributed by atoms with Gasteiger partial charge in [-0.25, -0.2) is 9.78 Å². The Morgan fingerprint density at radius 2 is 2.09 bits per heavy atom. The fourth-order valence-corrected chi connectivity index (χ4v) is 2.62. The zero-order valence-corrected chi connectivity index (χ0v) is 13.2. The molecule has 1 aromatic carbocycles. The van der Waals surface area contributed by atoms with E-state index in [1.807, 2.05) is 0 Å². The Labute approximate surface area is 133 Å². The Bertz CT molecular complexity index is 670. The van der Waals surface area contributed by atoms with Gasteiger partial charge in [-0.1, -0.05) is 0 Å². The van der Waals surface area contributed by atoms with E-state index in [1.165, 1.54) is 29.6 Å². The molecule has 1 unspecified atom stereocenters. The molecule has 0 aliphatic rings. The maximum Gasteiger partial charge on any atom is 0.357 e. The standard InChI is InChI=1S/C13H13N3O4S2/c1-2-20-12(18)10-7-21-13(15-10)16-11(17)8-3-5-9(6-4-8)22(14)19/h3-7H,2,14H2,1H3,(H,15,16,17). The number of thiazole rings is 1. The van der Waals surface area contributed by atoms with Gasteiger partial charge in [0.15, 0.2) is 15.7 Å². The van der Waals surface area contributed by atoms with Crippen molar-refractivity contribution < 1.29 is 18.9 Å². The van der Waals surface area contributed by atoms with Crippen molar-refractivity contribution >= 4 is 39.7 Å². The third-order valence-corrected chi connectivity index (χ3v) is 4.05. The number of ether oxygens (including phenoxy) is 1. The Hall–Kier alpha value is -1.94. The molecule has 2 rings (SSSR count). The van der Waals surface area contributed by atoms with E-state index < -0.39 is 17.3 Å². The predicted octanol–water partition coefficient (Wildman–Crippen LogP) is 1.55. The van der Waals surface area contributed by atoms with Crippen LogP contribution in [-0.2, 0) is 16.1 Å². The molecule has 0 saturated heterocycles. The Kier molecular flexibility index (Phi) is 5.50. The summed E-state index contributed by atoms with van der Waals surface area (Å²) < 4.78 is 15.9. The van der Waals surface area contributed by atoms with Gasteiger partial charge < -0.3 is 9.29 Å². The van der Waals surface area contributed by atoms with Crippen LogP contribution in [0.15, 0.2) is 34.5 Å². The van der Waals surface area contributed by atoms with Gasteiger partial charge in [0.25, 0.3) is 5.91 Å². The number of carbonyl (C=O) groups excluding carboxylic acids is 2. The van der Waals surface area contributed by atoms with Crippen LogP contribution >= 0.6 is 11.3 Å². The molecule has 9 heteroatoms. The first-order chi connectivity index (χ1) is 10.5. The van der Waals surface area contributed by atoms with Gasteiger partial charge in [0, 0.05) is 10.9 Å². The average molecular weight is 339 g/mol. The zero-order chi connectivity index (χ0) is 16.1. The van der Waals surface area contributed by atoms with Gasteiger partial charge in [0.1, 0.15) is 0 Å². The molecule has 7 nitrogen and oxygen atoms in total. The molecular weight excluding hydrogens is 326 g/mol. The third-order valence-electron chi connectivity index (χ3n) is 2.56. The molecule has 0 radical (unpaired) electrons. The molecule has 1 aromatic heterocycles. The third kappa shape index (κ3) is 4.04. The van der Waals surface area contributed by atoms with Crippen LogP contribution in [0.1, 0.15) is 27.8 Å². The van der Waals surface area contributed by atoms with E-state index in [1.54, 1.807) is 6.92 Å². The van der Waals surface area contributed by atoms with Crippen molar-refractivity contribution in [1.29, 1.82) is 0 Å². The second-order valence-corrected chi connectivity index (χ2v) is 5.96. The van der Waals surface area contributed by atoms with E-state index in [0.29, 0.717) is 15.6 Å². The molecule has 3 N–H and O–H groups in total. The first kappa shape index (κ1) is 16.4. The Morgan fingerprint density at radius 1 is 1.41 bits per heavy atom. The van der Waals surface area contributed by atoms with Crippen molar-refractivity contribution in [3.63, 3.8) is 0 Å². The van der Waals surface area contributed by atoms with E-state index in [2.05, 4.69) is 10.3 Å².